The van der Waals surface area contributed by atoms with Crippen LogP contribution in [0.3, 0.4) is 0 Å². The van der Waals surface area contributed by atoms with Crippen molar-refractivity contribution in [1.82, 2.24) is 9.97 Å². The van der Waals surface area contributed by atoms with E-state index in [4.69, 9.17) is 9.47 Å². The maximum atomic E-state index is 11.8. The van der Waals surface area contributed by atoms with Crippen LogP contribution in [0.5, 0.6) is 11.5 Å². The number of hydrogen-bond acceptors (Lipinski definition) is 5. The number of ether oxygens (including phenoxy) is 2. The zero-order valence-corrected chi connectivity index (χ0v) is 13.9. The minimum atomic E-state index is -0.201. The fraction of sp³-hybridized carbons (Fsp3) is 0.158. The van der Waals surface area contributed by atoms with E-state index < -0.39 is 0 Å². The van der Waals surface area contributed by atoms with Crippen molar-refractivity contribution < 1.29 is 9.47 Å². The molecule has 6 nitrogen and oxygen atoms in total. The Morgan fingerprint density at radius 3 is 2.48 bits per heavy atom. The van der Waals surface area contributed by atoms with Crippen LogP contribution < -0.4 is 20.3 Å². The highest BCUT2D eigenvalue weighted by Gasteiger charge is 2.03. The Bertz CT molecular complexity index is 861. The fourth-order valence-corrected chi connectivity index (χ4v) is 2.31. The lowest BCUT2D eigenvalue weighted by atomic mass is 10.1. The highest BCUT2D eigenvalue weighted by atomic mass is 16.5. The number of hydrogen-bond donors (Lipinski definition) is 2. The quantitative estimate of drug-likeness (QED) is 0.648. The minimum Gasteiger partial charge on any atom is -0.497 e. The largest absolute Gasteiger partial charge is 0.497 e. The molecule has 0 atom stereocenters. The van der Waals surface area contributed by atoms with Crippen molar-refractivity contribution in [2.75, 3.05) is 25.6 Å². The highest BCUT2D eigenvalue weighted by Crippen LogP contribution is 2.17. The minimum absolute atomic E-state index is 0.201. The number of aromatic nitrogens is 2. The van der Waals surface area contributed by atoms with Gasteiger partial charge in [-0.2, -0.15) is 0 Å². The maximum Gasteiger partial charge on any atom is 0.252 e. The molecule has 128 valence electrons. The van der Waals surface area contributed by atoms with E-state index in [1.54, 1.807) is 7.11 Å². The van der Waals surface area contributed by atoms with Crippen LogP contribution in [0.15, 0.2) is 65.5 Å². The summed E-state index contributed by atoms with van der Waals surface area (Å²) in [5, 5.41) is 3.07. The van der Waals surface area contributed by atoms with Crippen molar-refractivity contribution in [3.05, 3.63) is 71.0 Å². The monoisotopic (exact) mass is 337 g/mol. The Balaban J connectivity index is 1.58. The summed E-state index contributed by atoms with van der Waals surface area (Å²) in [7, 11) is 1.62. The number of H-pyrrole nitrogens is 1. The predicted octanol–water partition coefficient (Wildman–Crippen LogP) is 2.94. The lowest BCUT2D eigenvalue weighted by molar-refractivity contribution is 0.331. The molecule has 0 spiro atoms. The van der Waals surface area contributed by atoms with E-state index in [-0.39, 0.29) is 5.56 Å². The zero-order valence-electron chi connectivity index (χ0n) is 13.9. The van der Waals surface area contributed by atoms with Gasteiger partial charge in [-0.05, 0) is 24.3 Å². The number of aromatic amines is 1. The van der Waals surface area contributed by atoms with Gasteiger partial charge in [-0.25, -0.2) is 4.98 Å². The standard InChI is InChI=1S/C19H19N3O3/c1-24-15-7-9-16(10-8-15)25-12-11-20-19-21-17(13-18(23)22-19)14-5-3-2-4-6-14/h2-10,13H,11-12H2,1H3,(H2,20,21,22,23). The Morgan fingerprint density at radius 2 is 1.76 bits per heavy atom. The molecule has 0 bridgehead atoms. The first-order valence-corrected chi connectivity index (χ1v) is 7.92. The van der Waals surface area contributed by atoms with Gasteiger partial charge in [0.1, 0.15) is 18.1 Å². The number of methoxy groups -OCH3 is 1. The van der Waals surface area contributed by atoms with Gasteiger partial charge in [0.05, 0.1) is 19.3 Å². The third-order valence-electron chi connectivity index (χ3n) is 3.53. The van der Waals surface area contributed by atoms with E-state index in [0.717, 1.165) is 17.1 Å². The Kier molecular flexibility index (Phi) is 5.31. The van der Waals surface area contributed by atoms with Crippen LogP contribution in [0.1, 0.15) is 0 Å². The second-order valence-corrected chi connectivity index (χ2v) is 5.30. The van der Waals surface area contributed by atoms with E-state index in [0.29, 0.717) is 24.8 Å². The van der Waals surface area contributed by atoms with Gasteiger partial charge >= 0.3 is 0 Å². The number of nitrogens with zero attached hydrogens (tertiary/aromatic N) is 1. The molecule has 3 rings (SSSR count). The lowest BCUT2D eigenvalue weighted by Crippen LogP contribution is -2.17. The van der Waals surface area contributed by atoms with E-state index in [1.807, 2.05) is 54.6 Å². The van der Waals surface area contributed by atoms with Crippen LogP contribution >= 0.6 is 0 Å². The summed E-state index contributed by atoms with van der Waals surface area (Å²) < 4.78 is 10.7. The van der Waals surface area contributed by atoms with Crippen molar-refractivity contribution in [3.63, 3.8) is 0 Å². The average Bonchev–Trinajstić information content (AvgIpc) is 2.66. The smallest absolute Gasteiger partial charge is 0.252 e. The van der Waals surface area contributed by atoms with Crippen molar-refractivity contribution in [1.29, 1.82) is 0 Å². The predicted molar refractivity (Wildman–Crippen MR) is 97.3 cm³/mol. The normalized spacial score (nSPS) is 10.3. The summed E-state index contributed by atoms with van der Waals surface area (Å²) in [6.45, 7) is 0.943. The highest BCUT2D eigenvalue weighted by molar-refractivity contribution is 5.59. The van der Waals surface area contributed by atoms with Gasteiger partial charge in [-0.15, -0.1) is 0 Å². The van der Waals surface area contributed by atoms with Gasteiger partial charge in [0, 0.05) is 11.6 Å². The van der Waals surface area contributed by atoms with Gasteiger partial charge in [-0.3, -0.25) is 9.78 Å². The fourth-order valence-electron chi connectivity index (χ4n) is 2.31. The van der Waals surface area contributed by atoms with E-state index >= 15 is 0 Å². The summed E-state index contributed by atoms with van der Waals surface area (Å²) in [5.41, 5.74) is 1.32. The molecule has 2 aromatic carbocycles. The van der Waals surface area contributed by atoms with Crippen LogP contribution in [0, 0.1) is 0 Å². The second kappa shape index (κ2) is 8.01. The number of benzene rings is 2. The van der Waals surface area contributed by atoms with Gasteiger partial charge in [0.25, 0.3) is 5.56 Å². The number of rotatable bonds is 7. The molecule has 1 aromatic heterocycles. The molecule has 0 aliphatic rings. The van der Waals surface area contributed by atoms with Crippen molar-refractivity contribution in [2.24, 2.45) is 0 Å². The lowest BCUT2D eigenvalue weighted by Gasteiger charge is -2.09. The van der Waals surface area contributed by atoms with Crippen LogP contribution in [-0.2, 0) is 0 Å². The first-order chi connectivity index (χ1) is 12.2. The number of nitrogens with one attached hydrogen (secondary N) is 2. The molecule has 0 radical (unpaired) electrons. The van der Waals surface area contributed by atoms with Crippen LogP contribution in [0.25, 0.3) is 11.3 Å². The van der Waals surface area contributed by atoms with E-state index in [1.165, 1.54) is 6.07 Å². The molecule has 0 aliphatic heterocycles. The molecule has 0 aliphatic carbocycles. The first-order valence-electron chi connectivity index (χ1n) is 7.92. The molecule has 0 saturated heterocycles. The molecule has 0 amide bonds. The summed E-state index contributed by atoms with van der Waals surface area (Å²) in [5.74, 6) is 1.96. The molecule has 0 fully saturated rings. The van der Waals surface area contributed by atoms with Crippen molar-refractivity contribution in [3.8, 4) is 22.8 Å². The second-order valence-electron chi connectivity index (χ2n) is 5.30. The van der Waals surface area contributed by atoms with Gasteiger partial charge in [0.15, 0.2) is 0 Å². The van der Waals surface area contributed by atoms with Crippen molar-refractivity contribution in [2.45, 2.75) is 0 Å². The molecule has 6 heteroatoms. The summed E-state index contributed by atoms with van der Waals surface area (Å²) in [6.07, 6.45) is 0. The van der Waals surface area contributed by atoms with Crippen LogP contribution in [0.2, 0.25) is 0 Å². The third-order valence-corrected chi connectivity index (χ3v) is 3.53. The third kappa shape index (κ3) is 4.60. The molecule has 2 N–H and O–H groups in total. The van der Waals surface area contributed by atoms with Crippen LogP contribution in [-0.4, -0.2) is 30.2 Å². The molecule has 0 unspecified atom stereocenters. The summed E-state index contributed by atoms with van der Waals surface area (Å²) in [4.78, 5) is 18.9. The Labute approximate surface area is 145 Å². The van der Waals surface area contributed by atoms with Gasteiger partial charge < -0.3 is 14.8 Å². The molecular formula is C19H19N3O3. The Morgan fingerprint density at radius 1 is 1.04 bits per heavy atom. The maximum absolute atomic E-state index is 11.8. The van der Waals surface area contributed by atoms with Gasteiger partial charge in [-0.1, -0.05) is 30.3 Å². The molecule has 25 heavy (non-hydrogen) atoms. The summed E-state index contributed by atoms with van der Waals surface area (Å²) in [6, 6.07) is 18.4. The van der Waals surface area contributed by atoms with Crippen LogP contribution in [0.4, 0.5) is 5.95 Å². The number of anilines is 1. The topological polar surface area (TPSA) is 76.2 Å². The van der Waals surface area contributed by atoms with Gasteiger partial charge in [0.2, 0.25) is 5.95 Å². The molecule has 0 saturated carbocycles. The van der Waals surface area contributed by atoms with Crippen molar-refractivity contribution >= 4 is 5.95 Å². The molecule has 3 aromatic rings. The molecule has 1 heterocycles. The zero-order chi connectivity index (χ0) is 17.5. The SMILES string of the molecule is COc1ccc(OCCNc2nc(-c3ccccc3)cc(=O)[nH]2)cc1. The van der Waals surface area contributed by atoms with E-state index in [2.05, 4.69) is 15.3 Å². The Hall–Kier alpha value is -3.28. The summed E-state index contributed by atoms with van der Waals surface area (Å²) >= 11 is 0. The average molecular weight is 337 g/mol. The van der Waals surface area contributed by atoms with E-state index in [9.17, 15) is 4.79 Å². The molecular weight excluding hydrogens is 318 g/mol. The first kappa shape index (κ1) is 16.6.